The Kier molecular flexibility index (Phi) is 5.52. The van der Waals surface area contributed by atoms with E-state index >= 15 is 0 Å². The van der Waals surface area contributed by atoms with Crippen molar-refractivity contribution in [3.63, 3.8) is 0 Å². The molecule has 0 heterocycles. The summed E-state index contributed by atoms with van der Waals surface area (Å²) < 4.78 is 35.0. The normalized spacial score (nSPS) is 13.8. The highest BCUT2D eigenvalue weighted by molar-refractivity contribution is 5.76. The van der Waals surface area contributed by atoms with Crippen molar-refractivity contribution in [3.05, 3.63) is 0 Å². The summed E-state index contributed by atoms with van der Waals surface area (Å²) in [6, 6.07) is 0. The molecule has 0 aromatic carbocycles. The maximum Gasteiger partial charge on any atom is 0.390 e. The van der Waals surface area contributed by atoms with E-state index in [1.165, 1.54) is 0 Å². The number of alkyl halides is 3. The van der Waals surface area contributed by atoms with Crippen LogP contribution < -0.4 is 11.1 Å². The number of carbonyl (C=O) groups excluding carboxylic acids is 1. The van der Waals surface area contributed by atoms with Gasteiger partial charge in [-0.05, 0) is 12.5 Å². The molecule has 0 radical (unpaired) electrons. The van der Waals surface area contributed by atoms with Gasteiger partial charge in [0.1, 0.15) is 0 Å². The molecule has 3 N–H and O–H groups in total. The van der Waals surface area contributed by atoms with E-state index in [4.69, 9.17) is 5.73 Å². The Morgan fingerprint density at radius 1 is 1.50 bits per heavy atom. The molecular formula is C8H15F3N2O. The van der Waals surface area contributed by atoms with Gasteiger partial charge in [0.15, 0.2) is 0 Å². The summed E-state index contributed by atoms with van der Waals surface area (Å²) in [6.07, 6.45) is -5.03. The monoisotopic (exact) mass is 212 g/mol. The molecule has 1 atom stereocenters. The number of halogens is 3. The summed E-state index contributed by atoms with van der Waals surface area (Å²) in [5.41, 5.74) is 5.26. The molecule has 0 aliphatic heterocycles. The van der Waals surface area contributed by atoms with Crippen molar-refractivity contribution in [2.75, 3.05) is 13.1 Å². The van der Waals surface area contributed by atoms with Crippen molar-refractivity contribution in [1.82, 2.24) is 5.32 Å². The predicted octanol–water partition coefficient (Wildman–Crippen LogP) is 1.04. The van der Waals surface area contributed by atoms with E-state index < -0.39 is 12.6 Å². The Morgan fingerprint density at radius 2 is 2.07 bits per heavy atom. The molecule has 6 heteroatoms. The average Bonchev–Trinajstić information content (AvgIpc) is 2.01. The molecule has 14 heavy (non-hydrogen) atoms. The standard InChI is InChI=1S/C8H15F3N2O/c1-6(5-12)4-7(14)13-3-2-8(9,10)11/h6H,2-5,12H2,1H3,(H,13,14). The maximum absolute atomic E-state index is 11.7. The van der Waals surface area contributed by atoms with Gasteiger partial charge in [0.2, 0.25) is 5.91 Å². The molecule has 0 spiro atoms. The van der Waals surface area contributed by atoms with E-state index in [1.807, 2.05) is 0 Å². The lowest BCUT2D eigenvalue weighted by molar-refractivity contribution is -0.135. The van der Waals surface area contributed by atoms with Crippen molar-refractivity contribution in [3.8, 4) is 0 Å². The van der Waals surface area contributed by atoms with Gasteiger partial charge in [0.05, 0.1) is 6.42 Å². The Labute approximate surface area is 80.8 Å². The van der Waals surface area contributed by atoms with Crippen molar-refractivity contribution in [2.45, 2.75) is 25.9 Å². The number of rotatable bonds is 5. The first-order valence-corrected chi connectivity index (χ1v) is 4.38. The lowest BCUT2D eigenvalue weighted by Crippen LogP contribution is -2.30. The number of carbonyl (C=O) groups is 1. The van der Waals surface area contributed by atoms with E-state index in [9.17, 15) is 18.0 Å². The minimum atomic E-state index is -4.22. The van der Waals surface area contributed by atoms with Crippen LogP contribution in [-0.4, -0.2) is 25.2 Å². The molecule has 0 aliphatic carbocycles. The zero-order valence-electron chi connectivity index (χ0n) is 8.03. The van der Waals surface area contributed by atoms with Gasteiger partial charge in [-0.15, -0.1) is 0 Å². The molecule has 3 nitrogen and oxygen atoms in total. The Balaban J connectivity index is 3.55. The molecule has 0 saturated carbocycles. The summed E-state index contributed by atoms with van der Waals surface area (Å²) in [5, 5.41) is 2.19. The third-order valence-electron chi connectivity index (χ3n) is 1.67. The summed E-state index contributed by atoms with van der Waals surface area (Å²) in [4.78, 5) is 11.0. The van der Waals surface area contributed by atoms with Gasteiger partial charge >= 0.3 is 6.18 Å². The number of hydrogen-bond donors (Lipinski definition) is 2. The van der Waals surface area contributed by atoms with Crippen molar-refractivity contribution < 1.29 is 18.0 Å². The summed E-state index contributed by atoms with van der Waals surface area (Å²) >= 11 is 0. The zero-order valence-corrected chi connectivity index (χ0v) is 8.03. The van der Waals surface area contributed by atoms with Crippen LogP contribution in [0.15, 0.2) is 0 Å². The van der Waals surface area contributed by atoms with Crippen LogP contribution in [-0.2, 0) is 4.79 Å². The molecule has 1 unspecified atom stereocenters. The number of amides is 1. The summed E-state index contributed by atoms with van der Waals surface area (Å²) in [6.45, 7) is 1.76. The van der Waals surface area contributed by atoms with E-state index in [-0.39, 0.29) is 24.8 Å². The first kappa shape index (κ1) is 13.2. The molecule has 0 saturated heterocycles. The van der Waals surface area contributed by atoms with Gasteiger partial charge < -0.3 is 11.1 Å². The van der Waals surface area contributed by atoms with E-state index in [2.05, 4.69) is 5.32 Å². The van der Waals surface area contributed by atoms with Crippen molar-refractivity contribution in [2.24, 2.45) is 11.7 Å². The fraction of sp³-hybridized carbons (Fsp3) is 0.875. The SMILES string of the molecule is CC(CN)CC(=O)NCCC(F)(F)F. The quantitative estimate of drug-likeness (QED) is 0.715. The molecule has 0 aromatic heterocycles. The lowest BCUT2D eigenvalue weighted by atomic mass is 10.1. The van der Waals surface area contributed by atoms with Crippen LogP contribution in [0.1, 0.15) is 19.8 Å². The Morgan fingerprint density at radius 3 is 2.50 bits per heavy atom. The van der Waals surface area contributed by atoms with Crippen LogP contribution in [0.5, 0.6) is 0 Å². The highest BCUT2D eigenvalue weighted by Gasteiger charge is 2.26. The smallest absolute Gasteiger partial charge is 0.356 e. The second-order valence-corrected chi connectivity index (χ2v) is 3.26. The fourth-order valence-corrected chi connectivity index (χ4v) is 0.816. The van der Waals surface area contributed by atoms with Gasteiger partial charge in [-0.1, -0.05) is 6.92 Å². The average molecular weight is 212 g/mol. The molecule has 0 rings (SSSR count). The Hall–Kier alpha value is -0.780. The minimum Gasteiger partial charge on any atom is -0.356 e. The van der Waals surface area contributed by atoms with Gasteiger partial charge in [-0.2, -0.15) is 13.2 Å². The number of nitrogens with one attached hydrogen (secondary N) is 1. The van der Waals surface area contributed by atoms with Crippen molar-refractivity contribution in [1.29, 1.82) is 0 Å². The highest BCUT2D eigenvalue weighted by Crippen LogP contribution is 2.18. The van der Waals surface area contributed by atoms with Gasteiger partial charge in [-0.3, -0.25) is 4.79 Å². The Bertz CT molecular complexity index is 182. The maximum atomic E-state index is 11.7. The molecule has 0 bridgehead atoms. The van der Waals surface area contributed by atoms with Crippen LogP contribution in [0.4, 0.5) is 13.2 Å². The van der Waals surface area contributed by atoms with Crippen molar-refractivity contribution >= 4 is 5.91 Å². The zero-order chi connectivity index (χ0) is 11.2. The topological polar surface area (TPSA) is 55.1 Å². The first-order valence-electron chi connectivity index (χ1n) is 4.38. The third kappa shape index (κ3) is 7.85. The van der Waals surface area contributed by atoms with Crippen LogP contribution in [0.2, 0.25) is 0 Å². The first-order chi connectivity index (χ1) is 6.35. The largest absolute Gasteiger partial charge is 0.390 e. The summed E-state index contributed by atoms with van der Waals surface area (Å²) in [7, 11) is 0. The molecule has 0 aliphatic rings. The van der Waals surface area contributed by atoms with Crippen LogP contribution in [0.3, 0.4) is 0 Å². The number of hydrogen-bond acceptors (Lipinski definition) is 2. The van der Waals surface area contributed by atoms with Gasteiger partial charge in [0, 0.05) is 13.0 Å². The molecule has 1 amide bonds. The van der Waals surface area contributed by atoms with Gasteiger partial charge in [-0.25, -0.2) is 0 Å². The molecule has 84 valence electrons. The van der Waals surface area contributed by atoms with Crippen LogP contribution in [0, 0.1) is 5.92 Å². The second kappa shape index (κ2) is 5.85. The fourth-order valence-electron chi connectivity index (χ4n) is 0.816. The van der Waals surface area contributed by atoms with Crippen LogP contribution in [0.25, 0.3) is 0 Å². The summed E-state index contributed by atoms with van der Waals surface area (Å²) in [5.74, 6) is -0.381. The lowest BCUT2D eigenvalue weighted by Gasteiger charge is -2.10. The highest BCUT2D eigenvalue weighted by atomic mass is 19.4. The molecule has 0 aromatic rings. The second-order valence-electron chi connectivity index (χ2n) is 3.26. The van der Waals surface area contributed by atoms with Crippen LogP contribution >= 0.6 is 0 Å². The molecular weight excluding hydrogens is 197 g/mol. The minimum absolute atomic E-state index is 0.000821. The van der Waals surface area contributed by atoms with E-state index in [0.29, 0.717) is 6.54 Å². The third-order valence-corrected chi connectivity index (χ3v) is 1.67. The number of nitrogens with two attached hydrogens (primary N) is 1. The predicted molar refractivity (Wildman–Crippen MR) is 46.5 cm³/mol. The van der Waals surface area contributed by atoms with E-state index in [1.54, 1.807) is 6.92 Å². The molecule has 0 fully saturated rings. The van der Waals surface area contributed by atoms with Gasteiger partial charge in [0.25, 0.3) is 0 Å². The van der Waals surface area contributed by atoms with E-state index in [0.717, 1.165) is 0 Å².